The number of fused-ring (bicyclic) bond motifs is 1. The third-order valence-corrected chi connectivity index (χ3v) is 7.20. The van der Waals surface area contributed by atoms with Gasteiger partial charge in [0.2, 0.25) is 11.9 Å². The number of hydrogen-bond acceptors (Lipinski definition) is 7. The normalized spacial score (nSPS) is 16.0. The molecule has 1 N–H and O–H groups in total. The number of benzene rings is 1. The van der Waals surface area contributed by atoms with Crippen molar-refractivity contribution < 1.29 is 9.90 Å². The van der Waals surface area contributed by atoms with Crippen LogP contribution in [0.25, 0.3) is 22.3 Å². The van der Waals surface area contributed by atoms with E-state index >= 15 is 0 Å². The number of aliphatic hydroxyl groups is 1. The maximum Gasteiger partial charge on any atom is 0.275 e. The number of carbonyl (C=O) groups excluding carboxylic acids is 1. The molecule has 1 aliphatic rings. The number of amides is 1. The fourth-order valence-electron chi connectivity index (χ4n) is 4.75. The summed E-state index contributed by atoms with van der Waals surface area (Å²) in [6.07, 6.45) is 3.44. The van der Waals surface area contributed by atoms with Crippen LogP contribution in [0.3, 0.4) is 0 Å². The number of aryl methyl sites for hydroxylation is 1. The van der Waals surface area contributed by atoms with E-state index in [1.165, 1.54) is 0 Å². The number of halogens is 1. The molecule has 3 aromatic heterocycles. The van der Waals surface area contributed by atoms with E-state index in [2.05, 4.69) is 9.97 Å². The minimum absolute atomic E-state index is 0.0109. The first kappa shape index (κ1) is 24.9. The Bertz CT molecular complexity index is 1530. The number of aliphatic hydroxyl groups excluding tert-OH is 1. The van der Waals surface area contributed by atoms with Crippen molar-refractivity contribution in [2.75, 3.05) is 31.1 Å². The first-order chi connectivity index (χ1) is 17.8. The second-order valence-electron chi connectivity index (χ2n) is 9.36. The Balaban J connectivity index is 1.43. The van der Waals surface area contributed by atoms with Gasteiger partial charge in [-0.05, 0) is 37.6 Å². The maximum atomic E-state index is 12.9. The Morgan fingerprint density at radius 1 is 1.16 bits per heavy atom. The number of aromatic nitrogens is 5. The zero-order valence-corrected chi connectivity index (χ0v) is 21.7. The minimum Gasteiger partial charge on any atom is -0.387 e. The van der Waals surface area contributed by atoms with Crippen LogP contribution in [-0.4, -0.2) is 72.5 Å². The molecule has 1 saturated heterocycles. The van der Waals surface area contributed by atoms with Crippen molar-refractivity contribution in [2.24, 2.45) is 7.05 Å². The van der Waals surface area contributed by atoms with Gasteiger partial charge in [0.25, 0.3) is 5.56 Å². The number of anilines is 1. The SMILES string of the molecule is Cc1ccc(Cl)c(Cn2c3nc(-c4cnc(N5CCN(C(=O)CO)C[C@H]5C)nc4)ccc3c(=O)n2C)c1. The fraction of sp³-hybridized carbons (Fsp3) is 0.346. The van der Waals surface area contributed by atoms with Crippen molar-refractivity contribution >= 4 is 34.5 Å². The number of carbonyl (C=O) groups is 1. The van der Waals surface area contributed by atoms with Gasteiger partial charge in [0.05, 0.1) is 17.6 Å². The highest BCUT2D eigenvalue weighted by atomic mass is 35.5. The summed E-state index contributed by atoms with van der Waals surface area (Å²) < 4.78 is 3.38. The molecule has 4 heterocycles. The highest BCUT2D eigenvalue weighted by Gasteiger charge is 2.28. The average molecular weight is 522 g/mol. The Morgan fingerprint density at radius 2 is 1.92 bits per heavy atom. The molecule has 192 valence electrons. The van der Waals surface area contributed by atoms with Gasteiger partial charge in [-0.15, -0.1) is 0 Å². The van der Waals surface area contributed by atoms with Crippen molar-refractivity contribution in [3.63, 3.8) is 0 Å². The summed E-state index contributed by atoms with van der Waals surface area (Å²) in [7, 11) is 1.72. The zero-order valence-electron chi connectivity index (χ0n) is 20.9. The van der Waals surface area contributed by atoms with Crippen LogP contribution < -0.4 is 10.5 Å². The molecule has 0 unspecified atom stereocenters. The first-order valence-corrected chi connectivity index (χ1v) is 12.4. The number of piperazine rings is 1. The van der Waals surface area contributed by atoms with Crippen LogP contribution in [0, 0.1) is 6.92 Å². The van der Waals surface area contributed by atoms with Gasteiger partial charge >= 0.3 is 0 Å². The second kappa shape index (κ2) is 9.95. The molecule has 0 spiro atoms. The summed E-state index contributed by atoms with van der Waals surface area (Å²) in [6.45, 7) is 5.50. The quantitative estimate of drug-likeness (QED) is 0.429. The molecule has 5 rings (SSSR count). The summed E-state index contributed by atoms with van der Waals surface area (Å²) in [5.41, 5.74) is 3.80. The van der Waals surface area contributed by atoms with Crippen LogP contribution >= 0.6 is 11.6 Å². The summed E-state index contributed by atoms with van der Waals surface area (Å²) in [6, 6.07) is 9.41. The largest absolute Gasteiger partial charge is 0.387 e. The topological polar surface area (TPSA) is 109 Å². The van der Waals surface area contributed by atoms with Gasteiger partial charge < -0.3 is 14.9 Å². The van der Waals surface area contributed by atoms with Gasteiger partial charge in [0, 0.05) is 55.7 Å². The highest BCUT2D eigenvalue weighted by molar-refractivity contribution is 6.31. The third kappa shape index (κ3) is 4.70. The van der Waals surface area contributed by atoms with Crippen LogP contribution in [0.15, 0.2) is 47.5 Å². The second-order valence-corrected chi connectivity index (χ2v) is 9.77. The number of pyridine rings is 1. The molecule has 1 fully saturated rings. The smallest absolute Gasteiger partial charge is 0.275 e. The van der Waals surface area contributed by atoms with E-state index in [1.54, 1.807) is 41.2 Å². The summed E-state index contributed by atoms with van der Waals surface area (Å²) in [5, 5.41) is 10.3. The fourth-order valence-corrected chi connectivity index (χ4v) is 4.93. The van der Waals surface area contributed by atoms with E-state index in [9.17, 15) is 9.59 Å². The lowest BCUT2D eigenvalue weighted by atomic mass is 10.1. The van der Waals surface area contributed by atoms with Crippen molar-refractivity contribution in [2.45, 2.75) is 26.4 Å². The molecule has 0 aliphatic carbocycles. The van der Waals surface area contributed by atoms with Gasteiger partial charge in [-0.25, -0.2) is 15.0 Å². The number of hydrogen-bond donors (Lipinski definition) is 1. The molecular formula is C26H28ClN7O3. The van der Waals surface area contributed by atoms with Crippen molar-refractivity contribution in [3.8, 4) is 11.3 Å². The predicted octanol–water partition coefficient (Wildman–Crippen LogP) is 2.23. The number of nitrogens with zero attached hydrogens (tertiary/aromatic N) is 7. The first-order valence-electron chi connectivity index (χ1n) is 12.1. The summed E-state index contributed by atoms with van der Waals surface area (Å²) >= 11 is 6.43. The van der Waals surface area contributed by atoms with Crippen LogP contribution in [0.4, 0.5) is 5.95 Å². The van der Waals surface area contributed by atoms with E-state index in [1.807, 2.05) is 41.6 Å². The van der Waals surface area contributed by atoms with Gasteiger partial charge in [0.15, 0.2) is 5.65 Å². The molecule has 1 amide bonds. The van der Waals surface area contributed by atoms with Crippen molar-refractivity contribution in [1.82, 2.24) is 29.2 Å². The van der Waals surface area contributed by atoms with E-state index in [0.29, 0.717) is 53.9 Å². The van der Waals surface area contributed by atoms with Gasteiger partial charge in [-0.1, -0.05) is 29.3 Å². The number of rotatable bonds is 5. The van der Waals surface area contributed by atoms with E-state index in [4.69, 9.17) is 21.7 Å². The lowest BCUT2D eigenvalue weighted by Gasteiger charge is -2.39. The Hall–Kier alpha value is -3.76. The molecular weight excluding hydrogens is 494 g/mol. The van der Waals surface area contributed by atoms with Gasteiger partial charge in [0.1, 0.15) is 6.61 Å². The molecule has 1 aromatic carbocycles. The maximum absolute atomic E-state index is 12.9. The lowest BCUT2D eigenvalue weighted by molar-refractivity contribution is -0.134. The highest BCUT2D eigenvalue weighted by Crippen LogP contribution is 2.24. The molecule has 11 heteroatoms. The average Bonchev–Trinajstić information content (AvgIpc) is 3.14. The van der Waals surface area contributed by atoms with Crippen molar-refractivity contribution in [1.29, 1.82) is 0 Å². The van der Waals surface area contributed by atoms with E-state index in [0.717, 1.165) is 16.7 Å². The molecule has 37 heavy (non-hydrogen) atoms. The monoisotopic (exact) mass is 521 g/mol. The zero-order chi connectivity index (χ0) is 26.3. The molecule has 1 aliphatic heterocycles. The molecule has 4 aromatic rings. The minimum atomic E-state index is -0.484. The molecule has 10 nitrogen and oxygen atoms in total. The van der Waals surface area contributed by atoms with Crippen molar-refractivity contribution in [3.05, 3.63) is 69.2 Å². The third-order valence-electron chi connectivity index (χ3n) is 6.83. The van der Waals surface area contributed by atoms with Crippen LogP contribution in [0.1, 0.15) is 18.1 Å². The lowest BCUT2D eigenvalue weighted by Crippen LogP contribution is -2.54. The van der Waals surface area contributed by atoms with Gasteiger partial charge in [-0.2, -0.15) is 0 Å². The van der Waals surface area contributed by atoms with Crippen LogP contribution in [0.5, 0.6) is 0 Å². The Morgan fingerprint density at radius 3 is 2.62 bits per heavy atom. The summed E-state index contributed by atoms with van der Waals surface area (Å²) in [4.78, 5) is 42.3. The summed E-state index contributed by atoms with van der Waals surface area (Å²) in [5.74, 6) is 0.299. The molecule has 0 radical (unpaired) electrons. The molecule has 0 bridgehead atoms. The molecule has 1 atom stereocenters. The van der Waals surface area contributed by atoms with Crippen LogP contribution in [0.2, 0.25) is 5.02 Å². The van der Waals surface area contributed by atoms with Gasteiger partial charge in [-0.3, -0.25) is 19.0 Å². The molecule has 0 saturated carbocycles. The van der Waals surface area contributed by atoms with Crippen LogP contribution in [-0.2, 0) is 18.4 Å². The predicted molar refractivity (Wildman–Crippen MR) is 142 cm³/mol. The standard InChI is InChI=1S/C26H28ClN7O3/c1-16-4-6-21(27)18(10-16)14-34-24-20(25(37)31(34)3)5-7-22(30-24)19-11-28-26(29-12-19)33-9-8-32(13-17(33)2)23(36)15-35/h4-7,10-12,17,35H,8-9,13-15H2,1-3H3/t17-/m1/s1. The van der Waals surface area contributed by atoms with E-state index in [-0.39, 0.29) is 17.5 Å². The Labute approximate surface area is 218 Å². The van der Waals surface area contributed by atoms with E-state index < -0.39 is 6.61 Å². The Kier molecular flexibility index (Phi) is 6.70.